The second-order valence-electron chi connectivity index (χ2n) is 3.99. The van der Waals surface area contributed by atoms with Crippen molar-refractivity contribution in [2.24, 2.45) is 0 Å². The van der Waals surface area contributed by atoms with Gasteiger partial charge in [0.2, 0.25) is 0 Å². The van der Waals surface area contributed by atoms with Crippen LogP contribution >= 0.6 is 0 Å². The highest BCUT2D eigenvalue weighted by Crippen LogP contribution is 2.17. The number of ether oxygens (including phenoxy) is 2. The molecular formula is C11H16N2O4. The van der Waals surface area contributed by atoms with Gasteiger partial charge in [-0.3, -0.25) is 10.1 Å². The van der Waals surface area contributed by atoms with Gasteiger partial charge in [0.05, 0.1) is 30.8 Å². The molecule has 2 aliphatic rings. The molecule has 94 valence electrons. The predicted octanol–water partition coefficient (Wildman–Crippen LogP) is 0.830. The number of nitro groups is 1. The van der Waals surface area contributed by atoms with Crippen LogP contribution in [0, 0.1) is 10.1 Å². The number of nitrogens with one attached hydrogen (secondary N) is 1. The van der Waals surface area contributed by atoms with Gasteiger partial charge in [-0.05, 0) is 18.9 Å². The summed E-state index contributed by atoms with van der Waals surface area (Å²) in [5.74, 6) is 0. The summed E-state index contributed by atoms with van der Waals surface area (Å²) in [6, 6.07) is 0. The highest BCUT2D eigenvalue weighted by molar-refractivity contribution is 5.26. The van der Waals surface area contributed by atoms with Crippen LogP contribution in [0.1, 0.15) is 12.8 Å². The number of rotatable bonds is 4. The summed E-state index contributed by atoms with van der Waals surface area (Å²) in [4.78, 5) is 10.5. The summed E-state index contributed by atoms with van der Waals surface area (Å²) in [6.45, 7) is 2.29. The SMILES string of the molecule is O=[N+]([O-])C1=CCCC=C1NCC1COCCO1. The van der Waals surface area contributed by atoms with Gasteiger partial charge in [-0.2, -0.15) is 0 Å². The molecule has 1 fully saturated rings. The number of allylic oxidation sites excluding steroid dienone is 2. The van der Waals surface area contributed by atoms with Crippen molar-refractivity contribution in [2.75, 3.05) is 26.4 Å². The zero-order valence-corrected chi connectivity index (χ0v) is 9.55. The lowest BCUT2D eigenvalue weighted by Gasteiger charge is -2.24. The van der Waals surface area contributed by atoms with Gasteiger partial charge in [0, 0.05) is 6.54 Å². The van der Waals surface area contributed by atoms with Crippen molar-refractivity contribution >= 4 is 0 Å². The first-order valence-corrected chi connectivity index (χ1v) is 5.75. The molecule has 1 aliphatic heterocycles. The molecule has 0 spiro atoms. The summed E-state index contributed by atoms with van der Waals surface area (Å²) in [7, 11) is 0. The van der Waals surface area contributed by atoms with E-state index in [1.807, 2.05) is 6.08 Å². The van der Waals surface area contributed by atoms with Crippen LogP contribution in [0.15, 0.2) is 23.5 Å². The Kier molecular flexibility index (Phi) is 4.11. The van der Waals surface area contributed by atoms with Crippen molar-refractivity contribution in [2.45, 2.75) is 18.9 Å². The van der Waals surface area contributed by atoms with Gasteiger partial charge >= 0.3 is 0 Å². The molecule has 0 amide bonds. The van der Waals surface area contributed by atoms with Crippen molar-refractivity contribution < 1.29 is 14.4 Å². The normalized spacial score (nSPS) is 24.8. The fourth-order valence-corrected chi connectivity index (χ4v) is 1.88. The van der Waals surface area contributed by atoms with Crippen molar-refractivity contribution in [1.82, 2.24) is 5.32 Å². The van der Waals surface area contributed by atoms with E-state index in [1.165, 1.54) is 0 Å². The largest absolute Gasteiger partial charge is 0.377 e. The van der Waals surface area contributed by atoms with E-state index < -0.39 is 0 Å². The third-order valence-corrected chi connectivity index (χ3v) is 2.73. The standard InChI is InChI=1S/C11H16N2O4/c14-13(15)11-4-2-1-3-10(11)12-7-9-8-16-5-6-17-9/h3-4,9,12H,1-2,5-8H2. The Labute approximate surface area is 99.4 Å². The lowest BCUT2D eigenvalue weighted by molar-refractivity contribution is -0.421. The van der Waals surface area contributed by atoms with Crippen LogP contribution in [-0.4, -0.2) is 37.4 Å². The Balaban J connectivity index is 1.87. The Morgan fingerprint density at radius 1 is 1.41 bits per heavy atom. The Morgan fingerprint density at radius 3 is 2.94 bits per heavy atom. The maximum Gasteiger partial charge on any atom is 0.288 e. The second kappa shape index (κ2) is 5.79. The van der Waals surface area contributed by atoms with Crippen LogP contribution in [0.2, 0.25) is 0 Å². The molecule has 6 heteroatoms. The first-order chi connectivity index (χ1) is 8.27. The molecule has 1 saturated heterocycles. The van der Waals surface area contributed by atoms with Crippen LogP contribution in [0.3, 0.4) is 0 Å². The van der Waals surface area contributed by atoms with E-state index in [0.717, 1.165) is 12.8 Å². The third kappa shape index (κ3) is 3.28. The number of nitrogens with zero attached hydrogens (tertiary/aromatic N) is 1. The lowest BCUT2D eigenvalue weighted by atomic mass is 10.1. The second-order valence-corrected chi connectivity index (χ2v) is 3.99. The zero-order chi connectivity index (χ0) is 12.1. The highest BCUT2D eigenvalue weighted by atomic mass is 16.6. The molecule has 0 radical (unpaired) electrons. The summed E-state index contributed by atoms with van der Waals surface area (Å²) in [5, 5.41) is 13.9. The molecule has 1 unspecified atom stereocenters. The van der Waals surface area contributed by atoms with Gasteiger partial charge in [-0.25, -0.2) is 0 Å². The van der Waals surface area contributed by atoms with Crippen molar-refractivity contribution in [3.8, 4) is 0 Å². The average molecular weight is 240 g/mol. The van der Waals surface area contributed by atoms with Crippen LogP contribution < -0.4 is 5.32 Å². The van der Waals surface area contributed by atoms with E-state index in [4.69, 9.17) is 9.47 Å². The lowest BCUT2D eigenvalue weighted by Crippen LogP contribution is -2.37. The fourth-order valence-electron chi connectivity index (χ4n) is 1.88. The van der Waals surface area contributed by atoms with Crippen LogP contribution in [0.25, 0.3) is 0 Å². The molecule has 0 aromatic heterocycles. The van der Waals surface area contributed by atoms with Gasteiger partial charge in [0.25, 0.3) is 5.70 Å². The maximum atomic E-state index is 10.8. The van der Waals surface area contributed by atoms with E-state index >= 15 is 0 Å². The molecule has 1 atom stereocenters. The van der Waals surface area contributed by atoms with Crippen LogP contribution in [0.4, 0.5) is 0 Å². The fraction of sp³-hybridized carbons (Fsp3) is 0.636. The third-order valence-electron chi connectivity index (χ3n) is 2.73. The quantitative estimate of drug-likeness (QED) is 0.582. The van der Waals surface area contributed by atoms with Crippen molar-refractivity contribution in [3.05, 3.63) is 33.7 Å². The summed E-state index contributed by atoms with van der Waals surface area (Å²) < 4.78 is 10.7. The molecule has 0 bridgehead atoms. The molecule has 17 heavy (non-hydrogen) atoms. The Hall–Kier alpha value is -1.40. The first-order valence-electron chi connectivity index (χ1n) is 5.75. The Morgan fingerprint density at radius 2 is 2.24 bits per heavy atom. The van der Waals surface area contributed by atoms with Crippen molar-refractivity contribution in [1.29, 1.82) is 0 Å². The van der Waals surface area contributed by atoms with E-state index in [1.54, 1.807) is 6.08 Å². The molecule has 1 N–H and O–H groups in total. The summed E-state index contributed by atoms with van der Waals surface area (Å²) in [6.07, 6.45) is 5.05. The van der Waals surface area contributed by atoms with E-state index in [9.17, 15) is 10.1 Å². The Bertz CT molecular complexity index is 345. The number of hydrogen-bond donors (Lipinski definition) is 1. The average Bonchev–Trinajstić information content (AvgIpc) is 2.38. The van der Waals surface area contributed by atoms with Gasteiger partial charge < -0.3 is 14.8 Å². The summed E-state index contributed by atoms with van der Waals surface area (Å²) >= 11 is 0. The van der Waals surface area contributed by atoms with E-state index in [0.29, 0.717) is 32.1 Å². The smallest absolute Gasteiger partial charge is 0.288 e. The molecule has 1 aliphatic carbocycles. The predicted molar refractivity (Wildman–Crippen MR) is 61.0 cm³/mol. The van der Waals surface area contributed by atoms with Crippen molar-refractivity contribution in [3.63, 3.8) is 0 Å². The molecule has 0 saturated carbocycles. The molecule has 0 aromatic rings. The molecule has 0 aromatic carbocycles. The van der Waals surface area contributed by atoms with Crippen LogP contribution in [-0.2, 0) is 9.47 Å². The molecule has 6 nitrogen and oxygen atoms in total. The van der Waals surface area contributed by atoms with E-state index in [2.05, 4.69) is 5.32 Å². The topological polar surface area (TPSA) is 73.6 Å². The van der Waals surface area contributed by atoms with Gasteiger partial charge in [0.15, 0.2) is 0 Å². The van der Waals surface area contributed by atoms with Crippen LogP contribution in [0.5, 0.6) is 0 Å². The maximum absolute atomic E-state index is 10.8. The summed E-state index contributed by atoms with van der Waals surface area (Å²) in [5.41, 5.74) is 0.753. The highest BCUT2D eigenvalue weighted by Gasteiger charge is 2.21. The zero-order valence-electron chi connectivity index (χ0n) is 9.55. The van der Waals surface area contributed by atoms with Gasteiger partial charge in [-0.15, -0.1) is 0 Å². The van der Waals surface area contributed by atoms with Gasteiger partial charge in [-0.1, -0.05) is 6.08 Å². The molecular weight excluding hydrogens is 224 g/mol. The number of hydrogen-bond acceptors (Lipinski definition) is 5. The molecule has 1 heterocycles. The minimum atomic E-state index is -0.351. The van der Waals surface area contributed by atoms with Gasteiger partial charge in [0.1, 0.15) is 5.70 Å². The molecule has 2 rings (SSSR count). The monoisotopic (exact) mass is 240 g/mol. The minimum absolute atomic E-state index is 0.0282. The minimum Gasteiger partial charge on any atom is -0.377 e. The first kappa shape index (κ1) is 12.1. The van der Waals surface area contributed by atoms with E-state index in [-0.39, 0.29) is 16.7 Å².